The van der Waals surface area contributed by atoms with Crippen LogP contribution in [0.15, 0.2) is 0 Å². The van der Waals surface area contributed by atoms with Crippen molar-refractivity contribution < 1.29 is 28.4 Å². The third-order valence-electron chi connectivity index (χ3n) is 0. The summed E-state index contributed by atoms with van der Waals surface area (Å²) >= 11 is 14.8. The van der Waals surface area contributed by atoms with Crippen LogP contribution >= 0.6 is 40.0 Å². The summed E-state index contributed by atoms with van der Waals surface area (Å²) in [5.74, 6) is 0. The van der Waals surface area contributed by atoms with Crippen molar-refractivity contribution in [1.29, 1.82) is 0 Å². The zero-order valence-corrected chi connectivity index (χ0v) is 9.64. The van der Waals surface area contributed by atoms with E-state index in [0.29, 0.717) is 0 Å². The van der Waals surface area contributed by atoms with Crippen molar-refractivity contribution in [2.45, 2.75) is 0 Å². The topological polar surface area (TPSA) is 0 Å². The molecule has 0 heterocycles. The molecule has 0 aliphatic heterocycles. The molecule has 0 aliphatic rings. The molecule has 0 unspecified atom stereocenters. The summed E-state index contributed by atoms with van der Waals surface area (Å²) in [5, 5.41) is 0. The molecular weight excluding hydrogens is 343 g/mol. The quantitative estimate of drug-likeness (QED) is 0.606. The van der Waals surface area contributed by atoms with Crippen LogP contribution in [0.4, 0.5) is 0 Å². The zero-order chi connectivity index (χ0) is 6.71. The normalized spacial score (nSPS) is 4.57. The average molecular weight is 349 g/mol. The fourth-order valence-corrected chi connectivity index (χ4v) is 0. The Hall–Kier alpha value is 2.35. The van der Waals surface area contributed by atoms with Crippen LogP contribution in [0.5, 0.6) is 0 Å². The van der Waals surface area contributed by atoms with Gasteiger partial charge in [0.2, 0.25) is 0 Å². The van der Waals surface area contributed by atoms with Gasteiger partial charge in [-0.1, -0.05) is 0 Å². The second-order valence-electron chi connectivity index (χ2n) is 0.408. The molecule has 7 heavy (non-hydrogen) atoms. The molecule has 5 heteroatoms. The molecule has 0 fully saturated rings. The third kappa shape index (κ3) is 61.0. The van der Waals surface area contributed by atoms with E-state index in [0.717, 1.165) is 0 Å². The fourth-order valence-electron chi connectivity index (χ4n) is 0. The van der Waals surface area contributed by atoms with E-state index in [1.807, 2.05) is 12.5 Å². The van der Waals surface area contributed by atoms with Crippen LogP contribution in [-0.4, -0.2) is 12.5 Å². The van der Waals surface area contributed by atoms with Crippen molar-refractivity contribution in [3.63, 3.8) is 0 Å². The standard InChI is InChI=1S/C2H6S.2BrH.2Cu/c1-3-2;;;;/h1-2H3;2*1H;;/q;;;2*+1/p-2. The third-order valence-corrected chi connectivity index (χ3v) is 0. The van der Waals surface area contributed by atoms with Crippen molar-refractivity contribution >= 4 is 40.0 Å². The number of thioether (sulfide) groups is 1. The summed E-state index contributed by atoms with van der Waals surface area (Å²) in [7, 11) is 0. The van der Waals surface area contributed by atoms with E-state index in [9.17, 15) is 0 Å². The Kier molecular flexibility index (Phi) is 92.9. The van der Waals surface area contributed by atoms with Crippen LogP contribution in [0.2, 0.25) is 0 Å². The molecule has 56 valence electrons. The van der Waals surface area contributed by atoms with Gasteiger partial charge >= 0.3 is 56.6 Å². The second-order valence-corrected chi connectivity index (χ2v) is 1.22. The van der Waals surface area contributed by atoms with Crippen LogP contribution in [0.3, 0.4) is 0 Å². The molecule has 0 aromatic rings. The number of rotatable bonds is 0. The Balaban J connectivity index is -0.0000000360. The zero-order valence-electron chi connectivity index (χ0n) is 3.77. The van der Waals surface area contributed by atoms with E-state index in [-0.39, 0.29) is 0 Å². The van der Waals surface area contributed by atoms with Crippen LogP contribution in [-0.2, 0) is 28.4 Å². The first-order valence-electron chi connectivity index (χ1n) is 1.04. The second kappa shape index (κ2) is 40.2. The van der Waals surface area contributed by atoms with Gasteiger partial charge in [0.05, 0.1) is 0 Å². The van der Waals surface area contributed by atoms with E-state index < -0.39 is 0 Å². The first kappa shape index (κ1) is 16.2. The van der Waals surface area contributed by atoms with Crippen molar-refractivity contribution in [3.05, 3.63) is 0 Å². The van der Waals surface area contributed by atoms with E-state index in [1.165, 1.54) is 0 Å². The number of halogens is 2. The average Bonchev–Trinajstić information content (AvgIpc) is 1.78. The van der Waals surface area contributed by atoms with Gasteiger partial charge in [0, 0.05) is 0 Å². The fraction of sp³-hybridized carbons (Fsp3) is 1.00. The molecule has 0 rings (SSSR count). The molecule has 0 aromatic carbocycles. The van der Waals surface area contributed by atoms with E-state index in [1.54, 1.807) is 11.8 Å². The van der Waals surface area contributed by atoms with Gasteiger partial charge in [-0.05, 0) is 12.5 Å². The molecule has 0 spiro atoms. The summed E-state index contributed by atoms with van der Waals surface area (Å²) in [5.41, 5.74) is 0. The van der Waals surface area contributed by atoms with Gasteiger partial charge in [-0.25, -0.2) is 0 Å². The first-order chi connectivity index (χ1) is 3.41. The van der Waals surface area contributed by atoms with Gasteiger partial charge in [-0.2, -0.15) is 11.8 Å². The van der Waals surface area contributed by atoms with Crippen molar-refractivity contribution in [3.8, 4) is 0 Å². The summed E-state index contributed by atoms with van der Waals surface area (Å²) in [6.07, 6.45) is 4.08. The Bertz CT molecular complexity index is 13.7. The molecule has 0 amide bonds. The van der Waals surface area contributed by atoms with E-state index >= 15 is 0 Å². The molecular formula is C2H6Br2Cu2S. The van der Waals surface area contributed by atoms with Crippen LogP contribution < -0.4 is 0 Å². The van der Waals surface area contributed by atoms with Crippen LogP contribution in [0.25, 0.3) is 0 Å². The summed E-state index contributed by atoms with van der Waals surface area (Å²) in [6, 6.07) is 0. The van der Waals surface area contributed by atoms with Crippen molar-refractivity contribution in [1.82, 2.24) is 0 Å². The van der Waals surface area contributed by atoms with E-state index in [4.69, 9.17) is 0 Å². The van der Waals surface area contributed by atoms with E-state index in [2.05, 4.69) is 56.6 Å². The van der Waals surface area contributed by atoms with Gasteiger partial charge < -0.3 is 0 Å². The Morgan fingerprint density at radius 1 is 1.00 bits per heavy atom. The minimum atomic E-state index is 1.75. The van der Waals surface area contributed by atoms with Gasteiger partial charge in [0.25, 0.3) is 0 Å². The monoisotopic (exact) mass is 346 g/mol. The molecule has 0 aromatic heterocycles. The van der Waals surface area contributed by atoms with Crippen LogP contribution in [0, 0.1) is 0 Å². The van der Waals surface area contributed by atoms with Gasteiger partial charge in [0.15, 0.2) is 0 Å². The molecule has 0 nitrogen and oxygen atoms in total. The Morgan fingerprint density at radius 3 is 1.00 bits per heavy atom. The minimum absolute atomic E-state index is 1.75. The Morgan fingerprint density at radius 2 is 1.00 bits per heavy atom. The van der Waals surface area contributed by atoms with Gasteiger partial charge in [-0.15, -0.1) is 0 Å². The molecule has 0 N–H and O–H groups in total. The predicted octanol–water partition coefficient (Wildman–Crippen LogP) is 2.67. The van der Waals surface area contributed by atoms with Crippen LogP contribution in [0.1, 0.15) is 0 Å². The van der Waals surface area contributed by atoms with Gasteiger partial charge in [0.1, 0.15) is 0 Å². The first-order valence-corrected chi connectivity index (χ1v) is 7.33. The molecule has 0 bridgehead atoms. The predicted molar refractivity (Wildman–Crippen MR) is 37.3 cm³/mol. The maximum absolute atomic E-state index is 4.00. The van der Waals surface area contributed by atoms with Gasteiger partial charge in [-0.3, -0.25) is 0 Å². The number of hydrogen-bond acceptors (Lipinski definition) is 1. The van der Waals surface area contributed by atoms with Crippen molar-refractivity contribution in [2.24, 2.45) is 0 Å². The SMILES string of the molecule is CSC.[Cu][Br].[Cu][Br]. The number of hydrogen-bond donors (Lipinski definition) is 0. The summed E-state index contributed by atoms with van der Waals surface area (Å²) in [4.78, 5) is 0. The Labute approximate surface area is 80.0 Å². The molecule has 0 aliphatic carbocycles. The summed E-state index contributed by atoms with van der Waals surface area (Å²) in [6.45, 7) is 0. The molecule has 0 radical (unpaired) electrons. The molecule has 0 saturated carbocycles. The van der Waals surface area contributed by atoms with Crippen molar-refractivity contribution in [2.75, 3.05) is 12.5 Å². The molecule has 0 saturated heterocycles. The summed E-state index contributed by atoms with van der Waals surface area (Å²) < 4.78 is 0. The maximum atomic E-state index is 4.00. The molecule has 0 atom stereocenters.